The minimum atomic E-state index is -0.254. The van der Waals surface area contributed by atoms with Crippen molar-refractivity contribution in [2.75, 3.05) is 19.6 Å². The Balaban J connectivity index is 2.09. The zero-order chi connectivity index (χ0) is 14.9. The third kappa shape index (κ3) is 2.49. The Kier molecular flexibility index (Phi) is 4.26. The van der Waals surface area contributed by atoms with Crippen LogP contribution in [0.1, 0.15) is 33.6 Å². The maximum Gasteiger partial charge on any atom is 0.242 e. The minimum Gasteiger partial charge on any atom is -0.342 e. The molecule has 1 aliphatic carbocycles. The van der Waals surface area contributed by atoms with Crippen molar-refractivity contribution in [1.29, 1.82) is 0 Å². The second-order valence-corrected chi connectivity index (χ2v) is 5.53. The SMILES string of the molecule is CCN(CC)C(=O)CN1C(=O)[C@@H]2CC=C(C)C[C@H]2C1=O. The van der Waals surface area contributed by atoms with E-state index in [9.17, 15) is 14.4 Å². The van der Waals surface area contributed by atoms with Gasteiger partial charge < -0.3 is 4.90 Å². The first-order chi connectivity index (χ1) is 9.49. The van der Waals surface area contributed by atoms with Crippen LogP contribution in [0.4, 0.5) is 0 Å². The highest BCUT2D eigenvalue weighted by Crippen LogP contribution is 2.37. The van der Waals surface area contributed by atoms with Gasteiger partial charge in [-0.1, -0.05) is 11.6 Å². The van der Waals surface area contributed by atoms with Crippen LogP contribution in [0.3, 0.4) is 0 Å². The van der Waals surface area contributed by atoms with Crippen molar-refractivity contribution in [3.8, 4) is 0 Å². The fourth-order valence-corrected chi connectivity index (χ4v) is 3.07. The van der Waals surface area contributed by atoms with E-state index in [1.165, 1.54) is 4.90 Å². The highest BCUT2D eigenvalue weighted by molar-refractivity contribution is 6.07. The van der Waals surface area contributed by atoms with Gasteiger partial charge in [0.2, 0.25) is 17.7 Å². The third-order valence-electron chi connectivity index (χ3n) is 4.32. The van der Waals surface area contributed by atoms with E-state index in [0.717, 1.165) is 5.57 Å². The van der Waals surface area contributed by atoms with Gasteiger partial charge in [0.1, 0.15) is 6.54 Å². The number of allylic oxidation sites excluding steroid dienone is 2. The van der Waals surface area contributed by atoms with Crippen molar-refractivity contribution in [2.24, 2.45) is 11.8 Å². The molecule has 1 fully saturated rings. The molecule has 0 saturated carbocycles. The number of fused-ring (bicyclic) bond motifs is 1. The van der Waals surface area contributed by atoms with E-state index in [0.29, 0.717) is 25.9 Å². The second kappa shape index (κ2) is 5.77. The Morgan fingerprint density at radius 2 is 1.85 bits per heavy atom. The molecule has 0 aromatic heterocycles. The van der Waals surface area contributed by atoms with Gasteiger partial charge in [-0.25, -0.2) is 0 Å². The minimum absolute atomic E-state index is 0.106. The van der Waals surface area contributed by atoms with Gasteiger partial charge in [-0.2, -0.15) is 0 Å². The molecule has 0 radical (unpaired) electrons. The van der Waals surface area contributed by atoms with Gasteiger partial charge in [-0.05, 0) is 33.6 Å². The lowest BCUT2D eigenvalue weighted by atomic mass is 9.82. The van der Waals surface area contributed by atoms with E-state index in [4.69, 9.17) is 0 Å². The van der Waals surface area contributed by atoms with Gasteiger partial charge in [0, 0.05) is 13.1 Å². The van der Waals surface area contributed by atoms with E-state index in [2.05, 4.69) is 0 Å². The molecule has 1 aliphatic heterocycles. The molecule has 5 nitrogen and oxygen atoms in total. The van der Waals surface area contributed by atoms with Crippen LogP contribution >= 0.6 is 0 Å². The molecule has 0 N–H and O–H groups in total. The average Bonchev–Trinajstić information content (AvgIpc) is 2.65. The molecule has 0 aromatic rings. The highest BCUT2D eigenvalue weighted by atomic mass is 16.2. The summed E-state index contributed by atoms with van der Waals surface area (Å²) >= 11 is 0. The van der Waals surface area contributed by atoms with E-state index < -0.39 is 0 Å². The normalized spacial score (nSPS) is 25.6. The molecule has 0 spiro atoms. The molecule has 5 heteroatoms. The Morgan fingerprint density at radius 1 is 1.25 bits per heavy atom. The molecule has 0 aromatic carbocycles. The zero-order valence-electron chi connectivity index (χ0n) is 12.4. The average molecular weight is 278 g/mol. The largest absolute Gasteiger partial charge is 0.342 e. The number of nitrogens with zero attached hydrogens (tertiary/aromatic N) is 2. The molecule has 20 heavy (non-hydrogen) atoms. The summed E-state index contributed by atoms with van der Waals surface area (Å²) in [6, 6.07) is 0. The molecular formula is C15H22N2O3. The number of hydrogen-bond acceptors (Lipinski definition) is 3. The van der Waals surface area contributed by atoms with Crippen molar-refractivity contribution in [3.63, 3.8) is 0 Å². The number of carbonyl (C=O) groups excluding carboxylic acids is 3. The van der Waals surface area contributed by atoms with Crippen LogP contribution in [-0.2, 0) is 14.4 Å². The smallest absolute Gasteiger partial charge is 0.242 e. The van der Waals surface area contributed by atoms with Crippen molar-refractivity contribution in [2.45, 2.75) is 33.6 Å². The molecule has 1 heterocycles. The van der Waals surface area contributed by atoms with Crippen molar-refractivity contribution < 1.29 is 14.4 Å². The predicted molar refractivity (Wildman–Crippen MR) is 74.6 cm³/mol. The summed E-state index contributed by atoms with van der Waals surface area (Å²) in [6.45, 7) is 6.85. The zero-order valence-corrected chi connectivity index (χ0v) is 12.4. The summed E-state index contributed by atoms with van der Waals surface area (Å²) in [4.78, 5) is 39.5. The van der Waals surface area contributed by atoms with E-state index in [1.807, 2.05) is 26.8 Å². The molecule has 3 amide bonds. The van der Waals surface area contributed by atoms with Gasteiger partial charge >= 0.3 is 0 Å². The Hall–Kier alpha value is -1.65. The highest BCUT2D eigenvalue weighted by Gasteiger charge is 2.48. The molecule has 2 rings (SSSR count). The number of carbonyl (C=O) groups is 3. The molecule has 110 valence electrons. The summed E-state index contributed by atoms with van der Waals surface area (Å²) in [7, 11) is 0. The number of imide groups is 1. The van der Waals surface area contributed by atoms with Gasteiger partial charge in [-0.3, -0.25) is 19.3 Å². The monoisotopic (exact) mass is 278 g/mol. The van der Waals surface area contributed by atoms with Crippen molar-refractivity contribution >= 4 is 17.7 Å². The number of likely N-dealkylation sites (N-methyl/N-ethyl adjacent to an activating group) is 1. The van der Waals surface area contributed by atoms with Crippen LogP contribution in [0.2, 0.25) is 0 Å². The fraction of sp³-hybridized carbons (Fsp3) is 0.667. The third-order valence-corrected chi connectivity index (χ3v) is 4.32. The summed E-state index contributed by atoms with van der Waals surface area (Å²) in [5.74, 6) is -1.01. The lowest BCUT2D eigenvalue weighted by Crippen LogP contribution is -2.43. The van der Waals surface area contributed by atoms with E-state index >= 15 is 0 Å². The lowest BCUT2D eigenvalue weighted by Gasteiger charge is -2.22. The Bertz CT molecular complexity index is 466. The molecule has 0 unspecified atom stereocenters. The number of amides is 3. The molecule has 2 aliphatic rings. The van der Waals surface area contributed by atoms with Crippen LogP contribution in [0.15, 0.2) is 11.6 Å². The van der Waals surface area contributed by atoms with Crippen LogP contribution < -0.4 is 0 Å². The maximum atomic E-state index is 12.3. The first kappa shape index (κ1) is 14.8. The fourth-order valence-electron chi connectivity index (χ4n) is 3.07. The van der Waals surface area contributed by atoms with Crippen LogP contribution in [0.25, 0.3) is 0 Å². The number of likely N-dealkylation sites (tertiary alicyclic amines) is 1. The lowest BCUT2D eigenvalue weighted by molar-refractivity contribution is -0.146. The molecular weight excluding hydrogens is 256 g/mol. The predicted octanol–water partition coefficient (Wildman–Crippen LogP) is 1.20. The van der Waals surface area contributed by atoms with Gasteiger partial charge in [0.05, 0.1) is 11.8 Å². The van der Waals surface area contributed by atoms with Crippen molar-refractivity contribution in [1.82, 2.24) is 9.80 Å². The summed E-state index contributed by atoms with van der Waals surface area (Å²) in [6.07, 6.45) is 3.30. The Labute approximate surface area is 119 Å². The second-order valence-electron chi connectivity index (χ2n) is 5.53. The van der Waals surface area contributed by atoms with Crippen LogP contribution in [0, 0.1) is 11.8 Å². The Morgan fingerprint density at radius 3 is 2.45 bits per heavy atom. The van der Waals surface area contributed by atoms with Gasteiger partial charge in [0.25, 0.3) is 0 Å². The summed E-state index contributed by atoms with van der Waals surface area (Å²) in [5.41, 5.74) is 1.16. The van der Waals surface area contributed by atoms with E-state index in [-0.39, 0.29) is 36.1 Å². The number of hydrogen-bond donors (Lipinski definition) is 0. The first-order valence-corrected chi connectivity index (χ1v) is 7.28. The first-order valence-electron chi connectivity index (χ1n) is 7.28. The van der Waals surface area contributed by atoms with Crippen molar-refractivity contribution in [3.05, 3.63) is 11.6 Å². The topological polar surface area (TPSA) is 57.7 Å². The summed E-state index contributed by atoms with van der Waals surface area (Å²) < 4.78 is 0. The van der Waals surface area contributed by atoms with E-state index in [1.54, 1.807) is 4.90 Å². The maximum absolute atomic E-state index is 12.3. The number of rotatable bonds is 4. The quantitative estimate of drug-likeness (QED) is 0.573. The van der Waals surface area contributed by atoms with Gasteiger partial charge in [-0.15, -0.1) is 0 Å². The molecule has 0 bridgehead atoms. The standard InChI is InChI=1S/C15H22N2O3/c1-4-16(5-2)13(18)9-17-14(19)11-7-6-10(3)8-12(11)15(17)20/h6,11-12H,4-5,7-9H2,1-3H3/t11-,12-/m1/s1. The van der Waals surface area contributed by atoms with Crippen LogP contribution in [0.5, 0.6) is 0 Å². The summed E-state index contributed by atoms with van der Waals surface area (Å²) in [5, 5.41) is 0. The molecule has 1 saturated heterocycles. The van der Waals surface area contributed by atoms with Crippen LogP contribution in [-0.4, -0.2) is 47.2 Å². The van der Waals surface area contributed by atoms with Gasteiger partial charge in [0.15, 0.2) is 0 Å². The molecule has 2 atom stereocenters.